The van der Waals surface area contributed by atoms with Crippen LogP contribution in [-0.4, -0.2) is 44.7 Å². The average Bonchev–Trinajstić information content (AvgIpc) is 2.36. The van der Waals surface area contributed by atoms with Gasteiger partial charge < -0.3 is 5.32 Å². The molecule has 1 aliphatic rings. The van der Waals surface area contributed by atoms with E-state index in [0.29, 0.717) is 18.8 Å². The van der Waals surface area contributed by atoms with Crippen LogP contribution in [0.2, 0.25) is 0 Å². The molecular weight excluding hydrogens is 224 g/mol. The molecular formula is C11H24N2O2S. The van der Waals surface area contributed by atoms with Crippen molar-refractivity contribution in [1.82, 2.24) is 9.62 Å². The standard InChI is InChI=1S/C11H24N2O2S/c1-4-5-8-16(14,15)13-7-6-12-9-11(2,3)10-13/h12H,4-10H2,1-3H3. The number of nitrogens with zero attached hydrogens (tertiary/aromatic N) is 1. The maximum Gasteiger partial charge on any atom is 0.214 e. The van der Waals surface area contributed by atoms with Gasteiger partial charge in [0.25, 0.3) is 0 Å². The van der Waals surface area contributed by atoms with Crippen LogP contribution in [0, 0.1) is 5.41 Å². The molecule has 0 aromatic heterocycles. The molecule has 0 atom stereocenters. The maximum absolute atomic E-state index is 12.1. The van der Waals surface area contributed by atoms with E-state index in [9.17, 15) is 8.42 Å². The number of unbranched alkanes of at least 4 members (excludes halogenated alkanes) is 1. The van der Waals surface area contributed by atoms with E-state index in [1.165, 1.54) is 0 Å². The first-order valence-electron chi connectivity index (χ1n) is 6.06. The second-order valence-electron chi connectivity index (χ2n) is 5.34. The molecule has 1 fully saturated rings. The summed E-state index contributed by atoms with van der Waals surface area (Å²) in [5.74, 6) is 0.291. The molecule has 4 nitrogen and oxygen atoms in total. The first-order valence-corrected chi connectivity index (χ1v) is 7.67. The highest BCUT2D eigenvalue weighted by Crippen LogP contribution is 2.20. The van der Waals surface area contributed by atoms with Gasteiger partial charge in [-0.05, 0) is 11.8 Å². The van der Waals surface area contributed by atoms with Crippen LogP contribution in [0.4, 0.5) is 0 Å². The molecule has 5 heteroatoms. The molecule has 0 amide bonds. The number of rotatable bonds is 4. The third-order valence-electron chi connectivity index (χ3n) is 2.90. The third kappa shape index (κ3) is 4.03. The summed E-state index contributed by atoms with van der Waals surface area (Å²) < 4.78 is 25.8. The molecule has 16 heavy (non-hydrogen) atoms. The minimum atomic E-state index is -3.05. The number of sulfonamides is 1. The fourth-order valence-electron chi connectivity index (χ4n) is 1.94. The minimum Gasteiger partial charge on any atom is -0.315 e. The molecule has 0 bridgehead atoms. The number of hydrogen-bond acceptors (Lipinski definition) is 3. The van der Waals surface area contributed by atoms with Gasteiger partial charge in [0.1, 0.15) is 0 Å². The van der Waals surface area contributed by atoms with Crippen molar-refractivity contribution in [2.75, 3.05) is 31.9 Å². The summed E-state index contributed by atoms with van der Waals surface area (Å²) in [6.07, 6.45) is 1.68. The lowest BCUT2D eigenvalue weighted by atomic mass is 9.94. The zero-order valence-corrected chi connectivity index (χ0v) is 11.4. The quantitative estimate of drug-likeness (QED) is 0.809. The lowest BCUT2D eigenvalue weighted by Crippen LogP contribution is -2.40. The first kappa shape index (κ1) is 13.9. The van der Waals surface area contributed by atoms with Gasteiger partial charge in [0.05, 0.1) is 5.75 Å². The van der Waals surface area contributed by atoms with Crippen molar-refractivity contribution in [3.05, 3.63) is 0 Å². The highest BCUT2D eigenvalue weighted by atomic mass is 32.2. The summed E-state index contributed by atoms with van der Waals surface area (Å²) in [7, 11) is -3.05. The molecule has 1 saturated heterocycles. The smallest absolute Gasteiger partial charge is 0.214 e. The van der Waals surface area contributed by atoms with Gasteiger partial charge in [-0.15, -0.1) is 0 Å². The van der Waals surface area contributed by atoms with Crippen molar-refractivity contribution in [1.29, 1.82) is 0 Å². The van der Waals surface area contributed by atoms with Crippen LogP contribution in [-0.2, 0) is 10.0 Å². The third-order valence-corrected chi connectivity index (χ3v) is 4.80. The van der Waals surface area contributed by atoms with E-state index in [2.05, 4.69) is 19.2 Å². The van der Waals surface area contributed by atoms with Crippen LogP contribution >= 0.6 is 0 Å². The van der Waals surface area contributed by atoms with E-state index in [0.717, 1.165) is 25.9 Å². The van der Waals surface area contributed by atoms with Gasteiger partial charge in [0.2, 0.25) is 10.0 Å². The van der Waals surface area contributed by atoms with Crippen molar-refractivity contribution in [2.24, 2.45) is 5.41 Å². The van der Waals surface area contributed by atoms with Crippen molar-refractivity contribution in [3.8, 4) is 0 Å². The minimum absolute atomic E-state index is 0.0236. The largest absolute Gasteiger partial charge is 0.315 e. The van der Waals surface area contributed by atoms with Crippen molar-refractivity contribution in [2.45, 2.75) is 33.6 Å². The predicted octanol–water partition coefficient (Wildman–Crippen LogP) is 1.05. The Bertz CT molecular complexity index is 312. The normalized spacial score (nSPS) is 22.9. The van der Waals surface area contributed by atoms with Crippen molar-refractivity contribution in [3.63, 3.8) is 0 Å². The molecule has 0 aromatic carbocycles. The fourth-order valence-corrected chi connectivity index (χ4v) is 3.76. The van der Waals surface area contributed by atoms with E-state index in [1.54, 1.807) is 4.31 Å². The van der Waals surface area contributed by atoms with E-state index >= 15 is 0 Å². The first-order chi connectivity index (χ1) is 7.37. The molecule has 0 radical (unpaired) electrons. The van der Waals surface area contributed by atoms with E-state index in [4.69, 9.17) is 0 Å². The van der Waals surface area contributed by atoms with Gasteiger partial charge in [-0.1, -0.05) is 27.2 Å². The molecule has 96 valence electrons. The lowest BCUT2D eigenvalue weighted by molar-refractivity contribution is 0.289. The Kier molecular flexibility index (Phi) is 4.76. The van der Waals surface area contributed by atoms with Crippen LogP contribution in [0.25, 0.3) is 0 Å². The summed E-state index contributed by atoms with van der Waals surface area (Å²) in [5, 5.41) is 3.29. The molecule has 0 saturated carbocycles. The topological polar surface area (TPSA) is 49.4 Å². The summed E-state index contributed by atoms with van der Waals surface area (Å²) in [5.41, 5.74) is 0.0236. The molecule has 1 rings (SSSR count). The highest BCUT2D eigenvalue weighted by molar-refractivity contribution is 7.89. The van der Waals surface area contributed by atoms with E-state index in [1.807, 2.05) is 6.92 Å². The van der Waals surface area contributed by atoms with Crippen LogP contribution in [0.3, 0.4) is 0 Å². The predicted molar refractivity (Wildman–Crippen MR) is 66.9 cm³/mol. The maximum atomic E-state index is 12.1. The zero-order valence-electron chi connectivity index (χ0n) is 10.6. The van der Waals surface area contributed by atoms with E-state index < -0.39 is 10.0 Å². The highest BCUT2D eigenvalue weighted by Gasteiger charge is 2.30. The average molecular weight is 248 g/mol. The van der Waals surface area contributed by atoms with Gasteiger partial charge in [-0.3, -0.25) is 0 Å². The molecule has 0 aromatic rings. The SMILES string of the molecule is CCCCS(=O)(=O)N1CCNCC(C)(C)C1. The summed E-state index contributed by atoms with van der Waals surface area (Å²) in [4.78, 5) is 0. The molecule has 0 unspecified atom stereocenters. The van der Waals surface area contributed by atoms with Gasteiger partial charge >= 0.3 is 0 Å². The summed E-state index contributed by atoms with van der Waals surface area (Å²) in [6.45, 7) is 9.11. The van der Waals surface area contributed by atoms with Gasteiger partial charge in [-0.25, -0.2) is 12.7 Å². The Labute approximate surface area is 99.5 Å². The van der Waals surface area contributed by atoms with Crippen LogP contribution < -0.4 is 5.32 Å². The second kappa shape index (κ2) is 5.47. The van der Waals surface area contributed by atoms with Crippen LogP contribution in [0.1, 0.15) is 33.6 Å². The zero-order chi connectivity index (χ0) is 12.2. The van der Waals surface area contributed by atoms with Crippen molar-refractivity contribution < 1.29 is 8.42 Å². The molecule has 1 aliphatic heterocycles. The molecule has 1 heterocycles. The Morgan fingerprint density at radius 3 is 2.69 bits per heavy atom. The van der Waals surface area contributed by atoms with Gasteiger partial charge in [-0.2, -0.15) is 0 Å². The lowest BCUT2D eigenvalue weighted by Gasteiger charge is -2.28. The fraction of sp³-hybridized carbons (Fsp3) is 1.00. The molecule has 1 N–H and O–H groups in total. The summed E-state index contributed by atoms with van der Waals surface area (Å²) in [6, 6.07) is 0. The molecule has 0 aliphatic carbocycles. The monoisotopic (exact) mass is 248 g/mol. The Hall–Kier alpha value is -0.130. The van der Waals surface area contributed by atoms with Crippen LogP contribution in [0.15, 0.2) is 0 Å². The number of nitrogens with one attached hydrogen (secondary N) is 1. The summed E-state index contributed by atoms with van der Waals surface area (Å²) >= 11 is 0. The second-order valence-corrected chi connectivity index (χ2v) is 7.43. The number of hydrogen-bond donors (Lipinski definition) is 1. The Morgan fingerprint density at radius 1 is 1.38 bits per heavy atom. The van der Waals surface area contributed by atoms with Crippen LogP contribution in [0.5, 0.6) is 0 Å². The van der Waals surface area contributed by atoms with E-state index in [-0.39, 0.29) is 5.41 Å². The van der Waals surface area contributed by atoms with Gasteiger partial charge in [0, 0.05) is 26.2 Å². The van der Waals surface area contributed by atoms with Crippen molar-refractivity contribution >= 4 is 10.0 Å². The Balaban J connectivity index is 2.70. The Morgan fingerprint density at radius 2 is 2.06 bits per heavy atom. The van der Waals surface area contributed by atoms with Gasteiger partial charge in [0.15, 0.2) is 0 Å². The molecule has 0 spiro atoms.